The second-order valence-electron chi connectivity index (χ2n) is 2.47. The standard InChI is InChI=1S/C9H7FI2O2/c1-2-14-9(13)5-3-7(11)8(12)4-6(5)10/h3-4H,2H2,1H3. The fourth-order valence-electron chi connectivity index (χ4n) is 0.888. The van der Waals surface area contributed by atoms with Crippen molar-refractivity contribution in [2.45, 2.75) is 6.92 Å². The lowest BCUT2D eigenvalue weighted by atomic mass is 10.2. The second kappa shape index (κ2) is 5.24. The third-order valence-electron chi connectivity index (χ3n) is 1.51. The van der Waals surface area contributed by atoms with E-state index in [0.29, 0.717) is 0 Å². The quantitative estimate of drug-likeness (QED) is 0.418. The van der Waals surface area contributed by atoms with Crippen LogP contribution in [0.2, 0.25) is 0 Å². The van der Waals surface area contributed by atoms with Gasteiger partial charge in [-0.2, -0.15) is 0 Å². The van der Waals surface area contributed by atoms with Crippen LogP contribution in [0.5, 0.6) is 0 Å². The van der Waals surface area contributed by atoms with Gasteiger partial charge in [-0.15, -0.1) is 0 Å². The number of carbonyl (C=O) groups excluding carboxylic acids is 1. The number of carbonyl (C=O) groups is 1. The van der Waals surface area contributed by atoms with Crippen molar-refractivity contribution in [3.8, 4) is 0 Å². The van der Waals surface area contributed by atoms with Crippen LogP contribution < -0.4 is 0 Å². The molecule has 0 aromatic heterocycles. The minimum Gasteiger partial charge on any atom is -0.462 e. The molecule has 1 aromatic carbocycles. The van der Waals surface area contributed by atoms with Crippen LogP contribution in [0, 0.1) is 13.0 Å². The van der Waals surface area contributed by atoms with E-state index in [4.69, 9.17) is 4.74 Å². The molecule has 0 radical (unpaired) electrons. The number of hydrogen-bond acceptors (Lipinski definition) is 2. The third kappa shape index (κ3) is 2.78. The Morgan fingerprint density at radius 2 is 2.00 bits per heavy atom. The molecular weight excluding hydrogens is 413 g/mol. The molecule has 0 aliphatic rings. The summed E-state index contributed by atoms with van der Waals surface area (Å²) in [4.78, 5) is 11.3. The molecule has 0 saturated heterocycles. The molecule has 0 amide bonds. The Balaban J connectivity index is 3.09. The Labute approximate surface area is 108 Å². The molecular formula is C9H7FI2O2. The highest BCUT2D eigenvalue weighted by molar-refractivity contribution is 14.1. The summed E-state index contributed by atoms with van der Waals surface area (Å²) in [5.41, 5.74) is -0.00309. The van der Waals surface area contributed by atoms with Gasteiger partial charge in [0.05, 0.1) is 12.2 Å². The Morgan fingerprint density at radius 1 is 1.43 bits per heavy atom. The highest BCUT2D eigenvalue weighted by Gasteiger charge is 2.14. The molecule has 0 atom stereocenters. The van der Waals surface area contributed by atoms with E-state index in [1.165, 1.54) is 12.1 Å². The molecule has 76 valence electrons. The van der Waals surface area contributed by atoms with Gasteiger partial charge in [-0.25, -0.2) is 9.18 Å². The highest BCUT2D eigenvalue weighted by Crippen LogP contribution is 2.20. The van der Waals surface area contributed by atoms with E-state index in [-0.39, 0.29) is 12.2 Å². The maximum atomic E-state index is 13.3. The average Bonchev–Trinajstić information content (AvgIpc) is 2.11. The van der Waals surface area contributed by atoms with Crippen LogP contribution in [-0.4, -0.2) is 12.6 Å². The zero-order chi connectivity index (χ0) is 10.7. The molecule has 0 fully saturated rings. The van der Waals surface area contributed by atoms with Gasteiger partial charge in [0.15, 0.2) is 0 Å². The van der Waals surface area contributed by atoms with Gasteiger partial charge in [-0.3, -0.25) is 0 Å². The van der Waals surface area contributed by atoms with Gasteiger partial charge in [0.25, 0.3) is 0 Å². The summed E-state index contributed by atoms with van der Waals surface area (Å²) in [6.07, 6.45) is 0. The van der Waals surface area contributed by atoms with E-state index < -0.39 is 11.8 Å². The molecule has 0 N–H and O–H groups in total. The maximum absolute atomic E-state index is 13.3. The number of hydrogen-bond donors (Lipinski definition) is 0. The Kier molecular flexibility index (Phi) is 4.55. The molecule has 14 heavy (non-hydrogen) atoms. The van der Waals surface area contributed by atoms with Crippen LogP contribution >= 0.6 is 45.2 Å². The third-order valence-corrected chi connectivity index (χ3v) is 4.32. The van der Waals surface area contributed by atoms with Crippen molar-refractivity contribution in [3.63, 3.8) is 0 Å². The van der Waals surface area contributed by atoms with Crippen molar-refractivity contribution in [3.05, 3.63) is 30.7 Å². The smallest absolute Gasteiger partial charge is 0.341 e. The van der Waals surface area contributed by atoms with Crippen LogP contribution in [0.3, 0.4) is 0 Å². The van der Waals surface area contributed by atoms with E-state index in [2.05, 4.69) is 0 Å². The fourth-order valence-corrected chi connectivity index (χ4v) is 1.78. The molecule has 0 unspecified atom stereocenters. The molecule has 0 aliphatic heterocycles. The molecule has 1 aromatic rings. The summed E-state index contributed by atoms with van der Waals surface area (Å²) >= 11 is 4.06. The van der Waals surface area contributed by atoms with Crippen molar-refractivity contribution < 1.29 is 13.9 Å². The van der Waals surface area contributed by atoms with Gasteiger partial charge >= 0.3 is 5.97 Å². The van der Waals surface area contributed by atoms with Crippen LogP contribution in [0.1, 0.15) is 17.3 Å². The van der Waals surface area contributed by atoms with Crippen LogP contribution in [-0.2, 0) is 4.74 Å². The van der Waals surface area contributed by atoms with E-state index >= 15 is 0 Å². The van der Waals surface area contributed by atoms with E-state index in [9.17, 15) is 9.18 Å². The van der Waals surface area contributed by atoms with Crippen molar-refractivity contribution in [2.24, 2.45) is 0 Å². The predicted octanol–water partition coefficient (Wildman–Crippen LogP) is 3.21. The fraction of sp³-hybridized carbons (Fsp3) is 0.222. The normalized spacial score (nSPS) is 10.0. The van der Waals surface area contributed by atoms with E-state index in [0.717, 1.165) is 7.14 Å². The molecule has 0 bridgehead atoms. The monoisotopic (exact) mass is 420 g/mol. The predicted molar refractivity (Wildman–Crippen MR) is 67.8 cm³/mol. The summed E-state index contributed by atoms with van der Waals surface area (Å²) in [7, 11) is 0. The van der Waals surface area contributed by atoms with Gasteiger partial charge in [0.1, 0.15) is 5.82 Å². The molecule has 0 saturated carbocycles. The number of benzene rings is 1. The first kappa shape index (κ1) is 12.2. The second-order valence-corrected chi connectivity index (χ2v) is 4.79. The molecule has 1 rings (SSSR count). The minimum atomic E-state index is -0.612. The Hall–Kier alpha value is 0.0800. The van der Waals surface area contributed by atoms with Crippen molar-refractivity contribution in [1.82, 2.24) is 0 Å². The summed E-state index contributed by atoms with van der Waals surface area (Å²) in [6, 6.07) is 2.82. The first-order chi connectivity index (χ1) is 6.56. The summed E-state index contributed by atoms with van der Waals surface area (Å²) in [5, 5.41) is 0. The lowest BCUT2D eigenvalue weighted by Gasteiger charge is -2.04. The Morgan fingerprint density at radius 3 is 2.57 bits per heavy atom. The van der Waals surface area contributed by atoms with Crippen LogP contribution in [0.15, 0.2) is 12.1 Å². The minimum absolute atomic E-state index is 0.00309. The van der Waals surface area contributed by atoms with E-state index in [1.54, 1.807) is 6.92 Å². The first-order valence-electron chi connectivity index (χ1n) is 3.88. The average molecular weight is 420 g/mol. The number of ether oxygens (including phenoxy) is 1. The first-order valence-corrected chi connectivity index (χ1v) is 6.03. The Bertz CT molecular complexity index is 366. The molecule has 0 heterocycles. The van der Waals surface area contributed by atoms with Crippen LogP contribution in [0.4, 0.5) is 4.39 Å². The molecule has 5 heteroatoms. The zero-order valence-corrected chi connectivity index (χ0v) is 11.6. The zero-order valence-electron chi connectivity index (χ0n) is 7.31. The van der Waals surface area contributed by atoms with Gasteiger partial charge in [-0.1, -0.05) is 0 Å². The van der Waals surface area contributed by atoms with Gasteiger partial charge < -0.3 is 4.74 Å². The van der Waals surface area contributed by atoms with Gasteiger partial charge in [0.2, 0.25) is 0 Å². The summed E-state index contributed by atoms with van der Waals surface area (Å²) in [5.74, 6) is -1.15. The number of halogens is 3. The number of esters is 1. The lowest BCUT2D eigenvalue weighted by molar-refractivity contribution is 0.0521. The summed E-state index contributed by atoms with van der Waals surface area (Å²) < 4.78 is 19.6. The SMILES string of the molecule is CCOC(=O)c1cc(I)c(I)cc1F. The lowest BCUT2D eigenvalue weighted by Crippen LogP contribution is -2.08. The highest BCUT2D eigenvalue weighted by atomic mass is 127. The van der Waals surface area contributed by atoms with Crippen molar-refractivity contribution >= 4 is 51.2 Å². The molecule has 2 nitrogen and oxygen atoms in total. The largest absolute Gasteiger partial charge is 0.462 e. The summed E-state index contributed by atoms with van der Waals surface area (Å²) in [6.45, 7) is 1.94. The van der Waals surface area contributed by atoms with Crippen molar-refractivity contribution in [1.29, 1.82) is 0 Å². The topological polar surface area (TPSA) is 26.3 Å². The van der Waals surface area contributed by atoms with Gasteiger partial charge in [0, 0.05) is 7.14 Å². The van der Waals surface area contributed by atoms with E-state index in [1.807, 2.05) is 45.2 Å². The number of rotatable bonds is 2. The molecule has 0 aliphatic carbocycles. The van der Waals surface area contributed by atoms with Crippen molar-refractivity contribution in [2.75, 3.05) is 6.61 Å². The maximum Gasteiger partial charge on any atom is 0.341 e. The van der Waals surface area contributed by atoms with Gasteiger partial charge in [-0.05, 0) is 64.2 Å². The molecule has 0 spiro atoms. The van der Waals surface area contributed by atoms with Crippen LogP contribution in [0.25, 0.3) is 0 Å².